The van der Waals surface area contributed by atoms with Crippen LogP contribution in [0.3, 0.4) is 0 Å². The number of hydrogen-bond acceptors (Lipinski definition) is 5. The summed E-state index contributed by atoms with van der Waals surface area (Å²) in [7, 11) is 0. The number of ether oxygens (including phenoxy) is 2. The lowest BCUT2D eigenvalue weighted by Gasteiger charge is -2.32. The van der Waals surface area contributed by atoms with Gasteiger partial charge in [-0.25, -0.2) is 9.59 Å². The summed E-state index contributed by atoms with van der Waals surface area (Å²) < 4.78 is 10.5. The van der Waals surface area contributed by atoms with Crippen LogP contribution in [0, 0.1) is 0 Å². The van der Waals surface area contributed by atoms with Gasteiger partial charge in [-0.3, -0.25) is 10.1 Å². The molecule has 1 atom stereocenters. The van der Waals surface area contributed by atoms with Crippen molar-refractivity contribution in [1.29, 1.82) is 0 Å². The monoisotopic (exact) mass is 462 g/mol. The van der Waals surface area contributed by atoms with Crippen molar-refractivity contribution >= 4 is 35.4 Å². The summed E-state index contributed by atoms with van der Waals surface area (Å²) in [6.07, 6.45) is -1.99. The molecule has 0 aromatic heterocycles. The second-order valence-corrected chi connectivity index (χ2v) is 8.76. The molecule has 0 heterocycles. The number of carbonyl (C=O) groups is 3. The van der Waals surface area contributed by atoms with Gasteiger partial charge in [0.05, 0.1) is 22.7 Å². The fourth-order valence-corrected chi connectivity index (χ4v) is 3.34. The van der Waals surface area contributed by atoms with E-state index in [1.807, 2.05) is 30.3 Å². The summed E-state index contributed by atoms with van der Waals surface area (Å²) in [5.74, 6) is -1.15. The first kappa shape index (κ1) is 25.0. The van der Waals surface area contributed by atoms with Gasteiger partial charge >= 0.3 is 18.2 Å². The van der Waals surface area contributed by atoms with Gasteiger partial charge in [0.15, 0.2) is 0 Å². The van der Waals surface area contributed by atoms with E-state index in [0.717, 1.165) is 5.56 Å². The molecule has 2 rings (SSSR count). The quantitative estimate of drug-likeness (QED) is 0.514. The van der Waals surface area contributed by atoms with Crippen LogP contribution in [0.1, 0.15) is 45.2 Å². The number of amides is 2. The highest BCUT2D eigenvalue weighted by molar-refractivity contribution is 6.34. The van der Waals surface area contributed by atoms with Gasteiger partial charge < -0.3 is 19.9 Å². The molecule has 32 heavy (non-hydrogen) atoms. The predicted molar refractivity (Wildman–Crippen MR) is 121 cm³/mol. The van der Waals surface area contributed by atoms with E-state index in [1.165, 1.54) is 6.92 Å². The second-order valence-electron chi connectivity index (χ2n) is 8.38. The van der Waals surface area contributed by atoms with Crippen molar-refractivity contribution in [3.63, 3.8) is 0 Å². The molecule has 2 aromatic rings. The number of nitrogens with one attached hydrogen (secondary N) is 2. The summed E-state index contributed by atoms with van der Waals surface area (Å²) in [6.45, 7) is 6.67. The Labute approximate surface area is 191 Å². The molecular formula is C23H27ClN2O6. The van der Waals surface area contributed by atoms with E-state index in [4.69, 9.17) is 21.1 Å². The zero-order valence-corrected chi connectivity index (χ0v) is 19.2. The molecule has 0 aliphatic heterocycles. The summed E-state index contributed by atoms with van der Waals surface area (Å²) in [4.78, 5) is 36.1. The lowest BCUT2D eigenvalue weighted by atomic mass is 9.88. The number of rotatable bonds is 7. The largest absolute Gasteiger partial charge is 0.481 e. The van der Waals surface area contributed by atoms with Crippen LogP contribution in [0.5, 0.6) is 0 Å². The van der Waals surface area contributed by atoms with Gasteiger partial charge in [-0.2, -0.15) is 0 Å². The van der Waals surface area contributed by atoms with Crippen molar-refractivity contribution in [1.82, 2.24) is 5.32 Å². The lowest BCUT2D eigenvalue weighted by Crippen LogP contribution is -2.47. The van der Waals surface area contributed by atoms with Gasteiger partial charge in [0.1, 0.15) is 12.2 Å². The third-order valence-electron chi connectivity index (χ3n) is 4.32. The predicted octanol–water partition coefficient (Wildman–Crippen LogP) is 5.30. The Balaban J connectivity index is 2.22. The normalized spacial score (nSPS) is 12.9. The molecule has 2 aromatic carbocycles. The summed E-state index contributed by atoms with van der Waals surface area (Å²) in [5.41, 5.74) is -0.850. The highest BCUT2D eigenvalue weighted by Crippen LogP contribution is 2.36. The van der Waals surface area contributed by atoms with E-state index in [0.29, 0.717) is 5.56 Å². The third-order valence-corrected chi connectivity index (χ3v) is 4.73. The summed E-state index contributed by atoms with van der Waals surface area (Å²) in [5, 5.41) is 14.6. The highest BCUT2D eigenvalue weighted by Gasteiger charge is 2.35. The van der Waals surface area contributed by atoms with Crippen molar-refractivity contribution in [2.24, 2.45) is 0 Å². The topological polar surface area (TPSA) is 114 Å². The first-order valence-corrected chi connectivity index (χ1v) is 10.3. The number of benzene rings is 2. The van der Waals surface area contributed by atoms with Crippen molar-refractivity contribution in [3.8, 4) is 0 Å². The fourth-order valence-electron chi connectivity index (χ4n) is 2.96. The van der Waals surface area contributed by atoms with E-state index in [9.17, 15) is 19.5 Å². The highest BCUT2D eigenvalue weighted by atomic mass is 35.5. The van der Waals surface area contributed by atoms with Crippen molar-refractivity contribution < 1.29 is 29.0 Å². The first-order valence-electron chi connectivity index (χ1n) is 9.89. The number of carboxylic acid groups (broad SMARTS) is 1. The molecule has 0 saturated heterocycles. The lowest BCUT2D eigenvalue weighted by molar-refractivity contribution is -0.138. The average molecular weight is 463 g/mol. The molecular weight excluding hydrogens is 436 g/mol. The molecule has 3 N–H and O–H groups in total. The zero-order chi connectivity index (χ0) is 23.9. The van der Waals surface area contributed by atoms with Gasteiger partial charge in [0.25, 0.3) is 0 Å². The molecule has 0 fully saturated rings. The van der Waals surface area contributed by atoms with Gasteiger partial charge in [0, 0.05) is 0 Å². The molecule has 0 unspecified atom stereocenters. The molecule has 0 bridgehead atoms. The summed E-state index contributed by atoms with van der Waals surface area (Å²) >= 11 is 6.50. The van der Waals surface area contributed by atoms with Gasteiger partial charge in [-0.15, -0.1) is 0 Å². The maximum absolute atomic E-state index is 12.4. The average Bonchev–Trinajstić information content (AvgIpc) is 2.66. The standard InChI is InChI=1S/C23H27ClN2O6/c1-22(2,3)32-21(30)26-23(4,13-18(27)28)16-11-8-12-17(19(16)24)25-20(29)31-14-15-9-6-5-7-10-15/h5-12H,13-14H2,1-4H3,(H,25,29)(H,26,30)(H,27,28)/t23-/m0/s1. The molecule has 2 amide bonds. The number of carbonyl (C=O) groups excluding carboxylic acids is 2. The Hall–Kier alpha value is -3.26. The zero-order valence-electron chi connectivity index (χ0n) is 18.4. The molecule has 172 valence electrons. The van der Waals surface area contributed by atoms with Crippen LogP contribution in [0.25, 0.3) is 0 Å². The van der Waals surface area contributed by atoms with Crippen LogP contribution in [0.2, 0.25) is 5.02 Å². The molecule has 0 radical (unpaired) electrons. The molecule has 0 aliphatic rings. The van der Waals surface area contributed by atoms with E-state index >= 15 is 0 Å². The van der Waals surface area contributed by atoms with E-state index < -0.39 is 35.7 Å². The minimum absolute atomic E-state index is 0.0703. The van der Waals surface area contributed by atoms with Crippen LogP contribution in [-0.4, -0.2) is 28.9 Å². The van der Waals surface area contributed by atoms with Crippen LogP contribution in [-0.2, 0) is 26.4 Å². The number of anilines is 1. The number of carboxylic acids is 1. The molecule has 0 saturated carbocycles. The molecule has 0 aliphatic carbocycles. The smallest absolute Gasteiger partial charge is 0.412 e. The Kier molecular flexibility index (Phi) is 8.10. The second kappa shape index (κ2) is 10.4. The maximum Gasteiger partial charge on any atom is 0.412 e. The van der Waals surface area contributed by atoms with Crippen molar-refractivity contribution in [3.05, 3.63) is 64.7 Å². The van der Waals surface area contributed by atoms with Crippen LogP contribution >= 0.6 is 11.6 Å². The molecule has 0 spiro atoms. The van der Waals surface area contributed by atoms with E-state index in [-0.39, 0.29) is 17.3 Å². The van der Waals surface area contributed by atoms with Crippen molar-refractivity contribution in [2.45, 2.75) is 51.9 Å². The Morgan fingerprint density at radius 3 is 2.22 bits per heavy atom. The van der Waals surface area contributed by atoms with Crippen LogP contribution < -0.4 is 10.6 Å². The third kappa shape index (κ3) is 7.46. The van der Waals surface area contributed by atoms with Gasteiger partial charge in [0.2, 0.25) is 0 Å². The molecule has 8 nitrogen and oxygen atoms in total. The van der Waals surface area contributed by atoms with Crippen LogP contribution in [0.15, 0.2) is 48.5 Å². The number of hydrogen-bond donors (Lipinski definition) is 3. The maximum atomic E-state index is 12.4. The minimum Gasteiger partial charge on any atom is -0.481 e. The van der Waals surface area contributed by atoms with Gasteiger partial charge in [-0.1, -0.05) is 54.1 Å². The Bertz CT molecular complexity index is 974. The number of alkyl carbamates (subject to hydrolysis) is 1. The number of halogens is 1. The minimum atomic E-state index is -1.41. The Morgan fingerprint density at radius 2 is 1.62 bits per heavy atom. The van der Waals surface area contributed by atoms with E-state index in [1.54, 1.807) is 39.0 Å². The van der Waals surface area contributed by atoms with Crippen molar-refractivity contribution in [2.75, 3.05) is 5.32 Å². The Morgan fingerprint density at radius 1 is 0.969 bits per heavy atom. The molecule has 9 heteroatoms. The van der Waals surface area contributed by atoms with Gasteiger partial charge in [-0.05, 0) is 44.9 Å². The van der Waals surface area contributed by atoms with Crippen LogP contribution in [0.4, 0.5) is 15.3 Å². The fraction of sp³-hybridized carbons (Fsp3) is 0.348. The first-order chi connectivity index (χ1) is 14.9. The van der Waals surface area contributed by atoms with E-state index in [2.05, 4.69) is 10.6 Å². The SMILES string of the molecule is CC(C)(C)OC(=O)N[C@@](C)(CC(=O)O)c1cccc(NC(=O)OCc2ccccc2)c1Cl. The number of aliphatic carboxylic acids is 1. The summed E-state index contributed by atoms with van der Waals surface area (Å²) in [6, 6.07) is 13.9.